The predicted octanol–water partition coefficient (Wildman–Crippen LogP) is 0.657. The quantitative estimate of drug-likeness (QED) is 0.213. The van der Waals surface area contributed by atoms with Crippen LogP contribution in [0.3, 0.4) is 0 Å². The molecule has 1 spiro atoms. The Hall–Kier alpha value is -4.79. The minimum atomic E-state index is -2.58. The van der Waals surface area contributed by atoms with Gasteiger partial charge < -0.3 is 52.7 Å². The minimum absolute atomic E-state index is 0.425. The zero-order chi connectivity index (χ0) is 40.6. The number of rotatable bonds is 13. The van der Waals surface area contributed by atoms with Gasteiger partial charge in [0.05, 0.1) is 12.5 Å². The van der Waals surface area contributed by atoms with Gasteiger partial charge in [0.15, 0.2) is 24.4 Å². The van der Waals surface area contributed by atoms with Crippen LogP contribution in [0.4, 0.5) is 0 Å². The van der Waals surface area contributed by atoms with Gasteiger partial charge in [0, 0.05) is 53.4 Å². The first-order valence-corrected chi connectivity index (χ1v) is 17.9. The van der Waals surface area contributed by atoms with E-state index < -0.39 is 133 Å². The Morgan fingerprint density at radius 1 is 0.800 bits per heavy atom. The van der Waals surface area contributed by atoms with Gasteiger partial charge in [0.25, 0.3) is 5.79 Å². The molecular formula is C35H43NO18S. The van der Waals surface area contributed by atoms with Crippen LogP contribution in [-0.2, 0) is 85.7 Å². The van der Waals surface area contributed by atoms with Gasteiger partial charge in [-0.15, -0.1) is 0 Å². The number of esters is 7. The third-order valence-electron chi connectivity index (χ3n) is 8.22. The van der Waals surface area contributed by atoms with Crippen LogP contribution < -0.4 is 5.32 Å². The second-order valence-electron chi connectivity index (χ2n) is 12.7. The number of ether oxygens (including phenoxy) is 10. The topological polar surface area (TPSA) is 241 Å². The zero-order valence-electron chi connectivity index (χ0n) is 31.0. The Morgan fingerprint density at radius 2 is 1.44 bits per heavy atom. The van der Waals surface area contributed by atoms with Crippen LogP contribution in [-0.4, -0.2) is 127 Å². The van der Waals surface area contributed by atoms with Crippen molar-refractivity contribution in [1.82, 2.24) is 5.32 Å². The van der Waals surface area contributed by atoms with Crippen LogP contribution in [0.25, 0.3) is 0 Å². The minimum Gasteiger partial charge on any atom is -0.463 e. The summed E-state index contributed by atoms with van der Waals surface area (Å²) in [5.41, 5.74) is -1.05. The van der Waals surface area contributed by atoms with Crippen molar-refractivity contribution in [2.45, 2.75) is 126 Å². The lowest BCUT2D eigenvalue weighted by Crippen LogP contribution is -2.74. The molecule has 3 fully saturated rings. The molecule has 0 aromatic heterocycles. The van der Waals surface area contributed by atoms with Crippen molar-refractivity contribution in [3.8, 4) is 0 Å². The number of fused-ring (bicyclic) bond motifs is 1. The van der Waals surface area contributed by atoms with Gasteiger partial charge in [-0.2, -0.15) is 0 Å². The molecule has 0 bridgehead atoms. The van der Waals surface area contributed by atoms with E-state index in [0.717, 1.165) is 60.2 Å². The normalized spacial score (nSPS) is 29.5. The van der Waals surface area contributed by atoms with Crippen molar-refractivity contribution in [1.29, 1.82) is 0 Å². The second-order valence-corrected chi connectivity index (χ2v) is 13.9. The van der Waals surface area contributed by atoms with Crippen LogP contribution >= 0.6 is 11.8 Å². The lowest BCUT2D eigenvalue weighted by atomic mass is 9.87. The van der Waals surface area contributed by atoms with Crippen molar-refractivity contribution >= 4 is 59.5 Å². The first-order valence-electron chi connectivity index (χ1n) is 17.1. The van der Waals surface area contributed by atoms with E-state index in [-0.39, 0.29) is 0 Å². The van der Waals surface area contributed by atoms with Crippen molar-refractivity contribution in [3.05, 3.63) is 30.3 Å². The highest BCUT2D eigenvalue weighted by Crippen LogP contribution is 2.46. The summed E-state index contributed by atoms with van der Waals surface area (Å²) in [6.07, 6.45) is -12.7. The first-order chi connectivity index (χ1) is 25.9. The molecule has 19 nitrogen and oxygen atoms in total. The van der Waals surface area contributed by atoms with Gasteiger partial charge in [-0.1, -0.05) is 30.0 Å². The number of thioether (sulfide) groups is 1. The maximum Gasteiger partial charge on any atom is 0.367 e. The van der Waals surface area contributed by atoms with Crippen LogP contribution in [0.5, 0.6) is 0 Å². The third-order valence-corrected chi connectivity index (χ3v) is 9.37. The fraction of sp³-hybridized carbons (Fsp3) is 0.600. The average molecular weight is 798 g/mol. The smallest absolute Gasteiger partial charge is 0.367 e. The monoisotopic (exact) mass is 797 g/mol. The van der Waals surface area contributed by atoms with Gasteiger partial charge in [-0.25, -0.2) is 4.79 Å². The van der Waals surface area contributed by atoms with E-state index >= 15 is 0 Å². The van der Waals surface area contributed by atoms with Crippen molar-refractivity contribution in [2.75, 3.05) is 13.2 Å². The molecule has 302 valence electrons. The summed E-state index contributed by atoms with van der Waals surface area (Å²) in [4.78, 5) is 101. The summed E-state index contributed by atoms with van der Waals surface area (Å²) < 4.78 is 57.7. The van der Waals surface area contributed by atoms with Crippen LogP contribution in [0.2, 0.25) is 0 Å². The average Bonchev–Trinajstić information content (AvgIpc) is 3.07. The Balaban J connectivity index is 1.87. The Labute approximate surface area is 319 Å². The summed E-state index contributed by atoms with van der Waals surface area (Å²) in [7, 11) is 0. The molecule has 3 heterocycles. The van der Waals surface area contributed by atoms with Gasteiger partial charge in [0.2, 0.25) is 5.91 Å². The third kappa shape index (κ3) is 11.4. The van der Waals surface area contributed by atoms with Crippen LogP contribution in [0, 0.1) is 0 Å². The molecule has 0 radical (unpaired) electrons. The van der Waals surface area contributed by atoms with Gasteiger partial charge in [-0.3, -0.25) is 33.6 Å². The van der Waals surface area contributed by atoms with Crippen LogP contribution in [0.1, 0.15) is 54.9 Å². The maximum atomic E-state index is 14.4. The number of amides is 1. The van der Waals surface area contributed by atoms with E-state index in [2.05, 4.69) is 5.32 Å². The van der Waals surface area contributed by atoms with E-state index in [9.17, 15) is 38.4 Å². The van der Waals surface area contributed by atoms with Gasteiger partial charge in [0.1, 0.15) is 43.1 Å². The summed E-state index contributed by atoms with van der Waals surface area (Å²) >= 11 is 1.13. The molecule has 0 unspecified atom stereocenters. The maximum absolute atomic E-state index is 14.4. The highest BCUT2D eigenvalue weighted by atomic mass is 32.2. The van der Waals surface area contributed by atoms with Crippen molar-refractivity contribution < 1.29 is 85.7 Å². The highest BCUT2D eigenvalue weighted by molar-refractivity contribution is 7.99. The Morgan fingerprint density at radius 3 is 2.00 bits per heavy atom. The van der Waals surface area contributed by atoms with Crippen molar-refractivity contribution in [2.24, 2.45) is 0 Å². The van der Waals surface area contributed by atoms with Gasteiger partial charge >= 0.3 is 41.8 Å². The van der Waals surface area contributed by atoms with E-state index in [1.807, 2.05) is 0 Å². The number of carbonyl (C=O) groups is 8. The van der Waals surface area contributed by atoms with Crippen molar-refractivity contribution in [3.63, 3.8) is 0 Å². The molecule has 0 saturated carbocycles. The fourth-order valence-electron chi connectivity index (χ4n) is 6.33. The molecule has 1 amide bonds. The number of nitrogens with one attached hydrogen (secondary N) is 1. The predicted molar refractivity (Wildman–Crippen MR) is 181 cm³/mol. The standard InChI is InChI=1S/C35H43NO18S/c1-16(37)36-27-24(47-19(4)40)13-35(53-30(27)28(49-21(6)42)25(48-20(5)41)14-45-17(2)38)34(44)52-32-31(54-35)29(50-22(7)43)26(15-46-18(3)39)51-33(32)55-23-11-9-8-10-12-23/h8-12,24-33H,13-15H2,1-7H3,(H,36,37)/t24-,25+,26+,27+,28+,29-,30+,31-,32+,33-,35-/m0/s1. The number of hydrogen-bond donors (Lipinski definition) is 1. The molecule has 3 aliphatic heterocycles. The first kappa shape index (κ1) is 42.9. The van der Waals surface area contributed by atoms with Gasteiger partial charge in [-0.05, 0) is 12.1 Å². The highest BCUT2D eigenvalue weighted by Gasteiger charge is 2.66. The summed E-state index contributed by atoms with van der Waals surface area (Å²) in [5.74, 6) is -9.47. The molecule has 55 heavy (non-hydrogen) atoms. The largest absolute Gasteiger partial charge is 0.463 e. The molecule has 0 aliphatic carbocycles. The Bertz CT molecular complexity index is 1620. The van der Waals surface area contributed by atoms with Crippen LogP contribution in [0.15, 0.2) is 35.2 Å². The molecule has 3 saturated heterocycles. The number of hydrogen-bond acceptors (Lipinski definition) is 19. The summed E-state index contributed by atoms with van der Waals surface area (Å²) in [5, 5.41) is 2.58. The molecular weight excluding hydrogens is 754 g/mol. The molecule has 1 N–H and O–H groups in total. The number of carbonyl (C=O) groups excluding carboxylic acids is 8. The zero-order valence-corrected chi connectivity index (χ0v) is 31.9. The molecule has 1 aromatic carbocycles. The molecule has 20 heteroatoms. The van der Waals surface area contributed by atoms with E-state index in [1.165, 1.54) is 0 Å². The fourth-order valence-corrected chi connectivity index (χ4v) is 7.46. The van der Waals surface area contributed by atoms with E-state index in [1.54, 1.807) is 30.3 Å². The molecule has 11 atom stereocenters. The Kier molecular flexibility index (Phi) is 14.6. The molecule has 3 aliphatic rings. The lowest BCUT2D eigenvalue weighted by Gasteiger charge is -2.55. The van der Waals surface area contributed by atoms with E-state index in [0.29, 0.717) is 4.90 Å². The van der Waals surface area contributed by atoms with E-state index in [4.69, 9.17) is 47.4 Å². The second kappa shape index (κ2) is 18.7. The SMILES string of the molecule is CC(=O)N[C@H]1[C@H]([C@H](OC(C)=O)[C@@H](COC(C)=O)OC(C)=O)O[C@@]2(C[C@@H]1OC(C)=O)O[C@H]1[C@@H](OC(C)=O)[C@@H](COC(C)=O)O[C@@H](Sc3ccccc3)[C@@H]1OC2=O. The summed E-state index contributed by atoms with van der Waals surface area (Å²) in [6.45, 7) is 6.45. The lowest BCUT2D eigenvalue weighted by molar-refractivity contribution is -0.375. The molecule has 1 aromatic rings. The summed E-state index contributed by atoms with van der Waals surface area (Å²) in [6, 6.07) is 7.41. The molecule has 4 rings (SSSR count). The number of benzene rings is 1.